The molecule has 0 heterocycles. The molecule has 0 fully saturated rings. The Labute approximate surface area is 277 Å². The van der Waals surface area contributed by atoms with E-state index >= 15 is 0 Å². The van der Waals surface area contributed by atoms with Crippen molar-refractivity contribution in [3.63, 3.8) is 0 Å². The Morgan fingerprint density at radius 2 is 0.622 bits per heavy atom. The fraction of sp³-hybridized carbons (Fsp3) is 0.700. The van der Waals surface area contributed by atoms with E-state index in [1.165, 1.54) is 51.4 Å². The summed E-state index contributed by atoms with van der Waals surface area (Å²) in [5.74, 6) is 0.567. The molecule has 256 valence electrons. The molecule has 0 unspecified atom stereocenters. The highest BCUT2D eigenvalue weighted by atomic mass is 32.2. The van der Waals surface area contributed by atoms with Crippen LogP contribution in [0.2, 0.25) is 0 Å². The van der Waals surface area contributed by atoms with Crippen LogP contribution in [-0.4, -0.2) is 18.6 Å². The zero-order valence-corrected chi connectivity index (χ0v) is 30.2. The molecule has 45 heavy (non-hydrogen) atoms. The van der Waals surface area contributed by atoms with Crippen LogP contribution in [0.4, 0.5) is 0 Å². The molecule has 2 aromatic carbocycles. The number of hydrogen-bond donors (Lipinski definition) is 2. The van der Waals surface area contributed by atoms with Crippen LogP contribution in [0.3, 0.4) is 0 Å². The summed E-state index contributed by atoms with van der Waals surface area (Å²) in [6.45, 7) is 8.80. The highest BCUT2D eigenvalue weighted by Gasteiger charge is 2.24. The summed E-state index contributed by atoms with van der Waals surface area (Å²) >= 11 is 0. The molecule has 0 aliphatic heterocycles. The third-order valence-corrected chi connectivity index (χ3v) is 11.0. The largest absolute Gasteiger partial charge is 0.507 e. The number of phenols is 2. The summed E-state index contributed by atoms with van der Waals surface area (Å²) in [4.78, 5) is 0.557. The second kappa shape index (κ2) is 22.5. The average molecular weight is 643 g/mol. The molecule has 0 aromatic heterocycles. The summed E-state index contributed by atoms with van der Waals surface area (Å²) in [6.07, 6.45) is 25.0. The van der Waals surface area contributed by atoms with Crippen LogP contribution in [-0.2, 0) is 35.5 Å². The Bertz CT molecular complexity index is 1040. The van der Waals surface area contributed by atoms with Crippen LogP contribution in [0.1, 0.15) is 178 Å². The second-order valence-electron chi connectivity index (χ2n) is 13.3. The smallest absolute Gasteiger partial charge is 0.206 e. The number of aryl methyl sites for hydroxylation is 4. The summed E-state index contributed by atoms with van der Waals surface area (Å²) in [7, 11) is -3.84. The molecule has 0 aliphatic carbocycles. The first-order valence-corrected chi connectivity index (χ1v) is 20.2. The number of rotatable bonds is 26. The third kappa shape index (κ3) is 13.7. The lowest BCUT2D eigenvalue weighted by molar-refractivity contribution is 0.456. The van der Waals surface area contributed by atoms with Gasteiger partial charge in [-0.2, -0.15) is 0 Å². The van der Waals surface area contributed by atoms with Gasteiger partial charge in [-0.15, -0.1) is 0 Å². The third-order valence-electron chi connectivity index (χ3n) is 9.30. The topological polar surface area (TPSA) is 74.6 Å². The number of phenolic OH excluding ortho intramolecular Hbond substituents is 2. The van der Waals surface area contributed by atoms with Crippen molar-refractivity contribution < 1.29 is 18.6 Å². The fourth-order valence-electron chi connectivity index (χ4n) is 6.34. The number of aromatic hydroxyl groups is 2. The van der Waals surface area contributed by atoms with Gasteiger partial charge >= 0.3 is 0 Å². The Morgan fingerprint density at radius 3 is 0.844 bits per heavy atom. The number of sulfone groups is 1. The summed E-state index contributed by atoms with van der Waals surface area (Å²) < 4.78 is 28.7. The lowest BCUT2D eigenvalue weighted by Crippen LogP contribution is -2.07. The molecule has 0 saturated heterocycles. The van der Waals surface area contributed by atoms with Crippen molar-refractivity contribution in [3.05, 3.63) is 46.5 Å². The highest BCUT2D eigenvalue weighted by Crippen LogP contribution is 2.36. The number of benzene rings is 2. The fourth-order valence-corrected chi connectivity index (χ4v) is 7.80. The molecule has 2 rings (SSSR count). The Balaban J connectivity index is 2.45. The average Bonchev–Trinajstić information content (AvgIpc) is 3.03. The quantitative estimate of drug-likeness (QED) is 0.100. The molecular weight excluding hydrogens is 577 g/mol. The Morgan fingerprint density at radius 1 is 0.400 bits per heavy atom. The van der Waals surface area contributed by atoms with Crippen LogP contribution in [0.25, 0.3) is 0 Å². The molecule has 0 spiro atoms. The van der Waals surface area contributed by atoms with E-state index in [1.807, 2.05) is 0 Å². The van der Waals surface area contributed by atoms with E-state index in [2.05, 4.69) is 27.7 Å². The van der Waals surface area contributed by atoms with E-state index in [0.717, 1.165) is 99.3 Å². The minimum atomic E-state index is -3.84. The second-order valence-corrected chi connectivity index (χ2v) is 15.3. The normalized spacial score (nSPS) is 11.8. The van der Waals surface area contributed by atoms with Gasteiger partial charge in [-0.1, -0.05) is 130 Å². The molecule has 5 heteroatoms. The summed E-state index contributed by atoms with van der Waals surface area (Å²) in [5.41, 5.74) is 3.01. The van der Waals surface area contributed by atoms with E-state index in [9.17, 15) is 18.6 Å². The molecule has 2 aromatic rings. The van der Waals surface area contributed by atoms with E-state index in [4.69, 9.17) is 0 Å². The Hall–Kier alpha value is -2.01. The maximum absolute atomic E-state index is 14.4. The molecule has 0 amide bonds. The Kier molecular flexibility index (Phi) is 19.6. The molecule has 0 atom stereocenters. The predicted octanol–water partition coefficient (Wildman–Crippen LogP) is 12.0. The minimum Gasteiger partial charge on any atom is -0.507 e. The van der Waals surface area contributed by atoms with Gasteiger partial charge in [0.15, 0.2) is 0 Å². The first-order chi connectivity index (χ1) is 21.8. The van der Waals surface area contributed by atoms with Crippen molar-refractivity contribution in [2.75, 3.05) is 0 Å². The first kappa shape index (κ1) is 39.2. The lowest BCUT2D eigenvalue weighted by Gasteiger charge is -2.17. The molecular formula is C40H66O4S. The number of hydrogen-bond acceptors (Lipinski definition) is 4. The maximum atomic E-state index is 14.4. The monoisotopic (exact) mass is 642 g/mol. The van der Waals surface area contributed by atoms with Gasteiger partial charge in [0.2, 0.25) is 9.84 Å². The summed E-state index contributed by atoms with van der Waals surface area (Å²) in [5, 5.41) is 22.5. The molecule has 0 bridgehead atoms. The van der Waals surface area contributed by atoms with Gasteiger partial charge in [0.05, 0.1) is 9.79 Å². The van der Waals surface area contributed by atoms with Gasteiger partial charge in [-0.05, 0) is 97.9 Å². The standard InChI is InChI=1S/C40H66O4S/c1-5-9-13-17-21-25-33-29-37(30-34(39(33)41)26-22-18-14-10-6-2)45(43,44)38-31-35(27-23-19-15-11-7-3)40(42)36(32-38)28-24-20-16-12-8-4/h29-32,41-42H,5-28H2,1-4H3. The summed E-state index contributed by atoms with van der Waals surface area (Å²) in [6, 6.07) is 6.92. The van der Waals surface area contributed by atoms with Crippen LogP contribution < -0.4 is 0 Å². The molecule has 0 aliphatic rings. The van der Waals surface area contributed by atoms with Crippen molar-refractivity contribution in [2.45, 2.75) is 192 Å². The number of unbranched alkanes of at least 4 members (excludes halogenated alkanes) is 16. The SMILES string of the molecule is CCCCCCCc1cc(S(=O)(=O)c2cc(CCCCCCC)c(O)c(CCCCCCC)c2)cc(CCCCCCC)c1O. The molecule has 4 nitrogen and oxygen atoms in total. The van der Waals surface area contributed by atoms with Gasteiger partial charge < -0.3 is 10.2 Å². The van der Waals surface area contributed by atoms with Gasteiger partial charge in [-0.3, -0.25) is 0 Å². The van der Waals surface area contributed by atoms with Crippen molar-refractivity contribution >= 4 is 9.84 Å². The van der Waals surface area contributed by atoms with Crippen molar-refractivity contribution in [2.24, 2.45) is 0 Å². The predicted molar refractivity (Wildman–Crippen MR) is 192 cm³/mol. The molecule has 0 saturated carbocycles. The van der Waals surface area contributed by atoms with E-state index in [0.29, 0.717) is 25.7 Å². The molecule has 0 radical (unpaired) electrons. The van der Waals surface area contributed by atoms with Crippen LogP contribution in [0, 0.1) is 0 Å². The van der Waals surface area contributed by atoms with Gasteiger partial charge in [0.1, 0.15) is 11.5 Å². The van der Waals surface area contributed by atoms with Crippen LogP contribution in [0.5, 0.6) is 11.5 Å². The zero-order valence-electron chi connectivity index (χ0n) is 29.4. The van der Waals surface area contributed by atoms with Gasteiger partial charge in [0, 0.05) is 0 Å². The lowest BCUT2D eigenvalue weighted by atomic mass is 9.98. The maximum Gasteiger partial charge on any atom is 0.206 e. The van der Waals surface area contributed by atoms with Crippen LogP contribution in [0.15, 0.2) is 34.1 Å². The van der Waals surface area contributed by atoms with Crippen molar-refractivity contribution in [1.82, 2.24) is 0 Å². The van der Waals surface area contributed by atoms with Gasteiger partial charge in [0.25, 0.3) is 0 Å². The molecule has 2 N–H and O–H groups in total. The van der Waals surface area contributed by atoms with Gasteiger partial charge in [-0.25, -0.2) is 8.42 Å². The van der Waals surface area contributed by atoms with E-state index < -0.39 is 9.84 Å². The first-order valence-electron chi connectivity index (χ1n) is 18.7. The van der Waals surface area contributed by atoms with Crippen molar-refractivity contribution in [3.8, 4) is 11.5 Å². The zero-order chi connectivity index (χ0) is 32.9. The highest BCUT2D eigenvalue weighted by molar-refractivity contribution is 7.91. The van der Waals surface area contributed by atoms with Crippen LogP contribution >= 0.6 is 0 Å². The van der Waals surface area contributed by atoms with E-state index in [-0.39, 0.29) is 21.3 Å². The van der Waals surface area contributed by atoms with Crippen molar-refractivity contribution in [1.29, 1.82) is 0 Å². The minimum absolute atomic E-state index is 0.279. The van der Waals surface area contributed by atoms with E-state index in [1.54, 1.807) is 24.3 Å².